The van der Waals surface area contributed by atoms with Crippen LogP contribution in [0, 0.1) is 41.5 Å². The second kappa shape index (κ2) is 9.93. The Morgan fingerprint density at radius 2 is 0.868 bits per heavy atom. The number of anilines is 6. The average Bonchev–Trinajstić information content (AvgIpc) is 3.46. The van der Waals surface area contributed by atoms with Gasteiger partial charge in [0.15, 0.2) is 0 Å². The lowest BCUT2D eigenvalue weighted by Gasteiger charge is -2.49. The summed E-state index contributed by atoms with van der Waals surface area (Å²) in [4.78, 5) is 5.21. The topological polar surface area (TPSA) is 11.4 Å². The van der Waals surface area contributed by atoms with E-state index < -0.39 is 0 Å². The van der Waals surface area contributed by atoms with Gasteiger partial charge in [-0.25, -0.2) is 0 Å². The highest BCUT2D eigenvalue weighted by Gasteiger charge is 2.51. The van der Waals surface area contributed by atoms with Crippen molar-refractivity contribution in [1.82, 2.24) is 4.57 Å². The summed E-state index contributed by atoms with van der Waals surface area (Å²) in [6.07, 6.45) is 0. The number of hydrogen-bond acceptors (Lipinski definition) is 2. The third kappa shape index (κ3) is 3.67. The lowest BCUT2D eigenvalue weighted by atomic mass is 9.29. The summed E-state index contributed by atoms with van der Waals surface area (Å²) < 4.78 is 2.62. The zero-order chi connectivity index (χ0) is 35.6. The Kier molecular flexibility index (Phi) is 5.55. The summed E-state index contributed by atoms with van der Waals surface area (Å²) in [7, 11) is 0. The van der Waals surface area contributed by atoms with Crippen LogP contribution < -0.4 is 42.6 Å². The van der Waals surface area contributed by atoms with E-state index in [1.807, 2.05) is 0 Å². The lowest BCUT2D eigenvalue weighted by Crippen LogP contribution is -2.68. The molecule has 53 heavy (non-hydrogen) atoms. The second-order valence-corrected chi connectivity index (χ2v) is 16.3. The predicted molar refractivity (Wildman–Crippen MR) is 228 cm³/mol. The van der Waals surface area contributed by atoms with E-state index in [9.17, 15) is 0 Å². The SMILES string of the molecule is Cc1ccc(N2c3ccc(C)cc3B3c4cc(C)ccc4N4c5ccc(C)cc5B5c6c(cc2c3c64)-n2c3ccc(C)cc3c3cc(C)cc5c32)cc1. The summed E-state index contributed by atoms with van der Waals surface area (Å²) in [6, 6.07) is 45.1. The van der Waals surface area contributed by atoms with Crippen molar-refractivity contribution in [3.05, 3.63) is 149 Å². The van der Waals surface area contributed by atoms with Crippen LogP contribution in [0.15, 0.2) is 115 Å². The minimum Gasteiger partial charge on any atom is -0.312 e. The van der Waals surface area contributed by atoms with E-state index in [0.717, 1.165) is 0 Å². The molecular weight excluding hydrogens is 640 g/mol. The molecule has 4 aliphatic rings. The number of nitrogens with zero attached hydrogens (tertiary/aromatic N) is 3. The second-order valence-electron chi connectivity index (χ2n) is 16.3. The van der Waals surface area contributed by atoms with Crippen molar-refractivity contribution in [3.8, 4) is 5.69 Å². The van der Waals surface area contributed by atoms with Gasteiger partial charge in [0.05, 0.1) is 5.52 Å². The van der Waals surface area contributed by atoms with E-state index in [1.165, 1.54) is 128 Å². The maximum Gasteiger partial charge on any atom is 0.252 e. The molecule has 0 fully saturated rings. The first kappa shape index (κ1) is 29.6. The predicted octanol–water partition coefficient (Wildman–Crippen LogP) is 7.86. The number of rotatable bonds is 1. The van der Waals surface area contributed by atoms with Gasteiger partial charge in [-0.2, -0.15) is 0 Å². The van der Waals surface area contributed by atoms with E-state index in [4.69, 9.17) is 0 Å². The Morgan fingerprint density at radius 3 is 1.51 bits per heavy atom. The molecule has 0 radical (unpaired) electrons. The molecular formula is C48H37B2N3. The van der Waals surface area contributed by atoms with Crippen LogP contribution in [-0.4, -0.2) is 18.0 Å². The van der Waals surface area contributed by atoms with Gasteiger partial charge >= 0.3 is 0 Å². The van der Waals surface area contributed by atoms with Crippen LogP contribution in [0.4, 0.5) is 34.1 Å². The van der Waals surface area contributed by atoms with Crippen molar-refractivity contribution in [3.63, 3.8) is 0 Å². The van der Waals surface area contributed by atoms with Gasteiger partial charge in [-0.05, 0) is 129 Å². The smallest absolute Gasteiger partial charge is 0.252 e. The van der Waals surface area contributed by atoms with Crippen molar-refractivity contribution in [2.24, 2.45) is 0 Å². The normalized spacial score (nSPS) is 14.1. The zero-order valence-corrected chi connectivity index (χ0v) is 31.0. The number of hydrogen-bond donors (Lipinski definition) is 0. The molecule has 0 bridgehead atoms. The van der Waals surface area contributed by atoms with Crippen LogP contribution >= 0.6 is 0 Å². The van der Waals surface area contributed by atoms with Gasteiger partial charge in [0.2, 0.25) is 0 Å². The van der Waals surface area contributed by atoms with Crippen molar-refractivity contribution < 1.29 is 0 Å². The van der Waals surface area contributed by atoms with E-state index in [-0.39, 0.29) is 13.4 Å². The summed E-state index contributed by atoms with van der Waals surface area (Å²) >= 11 is 0. The van der Waals surface area contributed by atoms with Gasteiger partial charge in [-0.15, -0.1) is 0 Å². The molecule has 0 saturated heterocycles. The molecule has 7 aromatic carbocycles. The average molecular weight is 677 g/mol. The van der Waals surface area contributed by atoms with Gasteiger partial charge in [0.25, 0.3) is 13.4 Å². The molecule has 5 heterocycles. The fourth-order valence-electron chi connectivity index (χ4n) is 10.5. The standard InChI is InChI=1S/C48H37B2N3/c1-26-7-13-32(14-8-26)51-40-16-10-28(3)21-35(40)49-36-22-29(4)11-17-41(36)53-42-18-12-30(5)23-37(42)50-38-24-31(6)20-34-33-19-27(2)9-15-39(33)52(47(34)38)44-25-43(51)45(49)48(53)46(44)50/h7-25H,1-6H3. The number of aromatic nitrogens is 1. The van der Waals surface area contributed by atoms with E-state index in [2.05, 4.69) is 171 Å². The zero-order valence-electron chi connectivity index (χ0n) is 31.0. The molecule has 3 nitrogen and oxygen atoms in total. The van der Waals surface area contributed by atoms with Gasteiger partial charge < -0.3 is 14.4 Å². The molecule has 4 aliphatic heterocycles. The highest BCUT2D eigenvalue weighted by molar-refractivity contribution is 7.04. The van der Waals surface area contributed by atoms with Crippen LogP contribution in [0.3, 0.4) is 0 Å². The molecule has 0 amide bonds. The molecule has 0 atom stereocenters. The summed E-state index contributed by atoms with van der Waals surface area (Å²) in [6.45, 7) is 13.6. The number of fused-ring (bicyclic) bond motifs is 13. The molecule has 1 aromatic heterocycles. The van der Waals surface area contributed by atoms with Crippen molar-refractivity contribution in [2.45, 2.75) is 41.5 Å². The maximum absolute atomic E-state index is 2.65. The summed E-state index contributed by atoms with van der Waals surface area (Å²) in [5, 5.41) is 2.68. The first-order valence-electron chi connectivity index (χ1n) is 19.0. The van der Waals surface area contributed by atoms with Gasteiger partial charge in [0, 0.05) is 56.1 Å². The van der Waals surface area contributed by atoms with Crippen LogP contribution in [0.5, 0.6) is 0 Å². The molecule has 8 aromatic rings. The van der Waals surface area contributed by atoms with Crippen LogP contribution in [-0.2, 0) is 0 Å². The third-order valence-corrected chi connectivity index (χ3v) is 12.6. The molecule has 5 heteroatoms. The Balaban J connectivity index is 1.33. The number of benzene rings is 7. The fraction of sp³-hybridized carbons (Fsp3) is 0.125. The first-order valence-corrected chi connectivity index (χ1v) is 19.0. The molecule has 12 rings (SSSR count). The van der Waals surface area contributed by atoms with Gasteiger partial charge in [-0.3, -0.25) is 0 Å². The van der Waals surface area contributed by atoms with E-state index >= 15 is 0 Å². The van der Waals surface area contributed by atoms with Crippen molar-refractivity contribution in [1.29, 1.82) is 0 Å². The number of aryl methyl sites for hydroxylation is 6. The van der Waals surface area contributed by atoms with Crippen LogP contribution in [0.1, 0.15) is 33.4 Å². The maximum atomic E-state index is 2.65. The van der Waals surface area contributed by atoms with Gasteiger partial charge in [0.1, 0.15) is 0 Å². The molecule has 0 N–H and O–H groups in total. The highest BCUT2D eigenvalue weighted by atomic mass is 15.2. The van der Waals surface area contributed by atoms with Crippen molar-refractivity contribution >= 4 is 102 Å². The van der Waals surface area contributed by atoms with Crippen molar-refractivity contribution in [2.75, 3.05) is 9.80 Å². The summed E-state index contributed by atoms with van der Waals surface area (Å²) in [5.74, 6) is 0. The Bertz CT molecular complexity index is 2980. The van der Waals surface area contributed by atoms with Crippen LogP contribution in [0.2, 0.25) is 0 Å². The Hall–Kier alpha value is -5.93. The highest BCUT2D eigenvalue weighted by Crippen LogP contribution is 2.48. The third-order valence-electron chi connectivity index (χ3n) is 12.6. The largest absolute Gasteiger partial charge is 0.312 e. The quantitative estimate of drug-likeness (QED) is 0.164. The van der Waals surface area contributed by atoms with E-state index in [1.54, 1.807) is 0 Å². The minimum atomic E-state index is 0.101. The molecule has 0 aliphatic carbocycles. The molecule has 0 saturated carbocycles. The van der Waals surface area contributed by atoms with Gasteiger partial charge in [-0.1, -0.05) is 94.0 Å². The fourth-order valence-corrected chi connectivity index (χ4v) is 10.5. The first-order chi connectivity index (χ1) is 25.7. The van der Waals surface area contributed by atoms with Crippen LogP contribution in [0.25, 0.3) is 27.5 Å². The minimum absolute atomic E-state index is 0.101. The molecule has 0 spiro atoms. The molecule has 0 unspecified atom stereocenters. The molecule has 250 valence electrons. The Labute approximate surface area is 311 Å². The summed E-state index contributed by atoms with van der Waals surface area (Å²) in [5.41, 5.74) is 27.8. The van der Waals surface area contributed by atoms with E-state index in [0.29, 0.717) is 0 Å². The monoisotopic (exact) mass is 677 g/mol. The Morgan fingerprint density at radius 1 is 0.377 bits per heavy atom. The lowest BCUT2D eigenvalue weighted by molar-refractivity contribution is 1.16.